The fourth-order valence-electron chi connectivity index (χ4n) is 2.99. The summed E-state index contributed by atoms with van der Waals surface area (Å²) in [5.74, 6) is 0. The van der Waals surface area contributed by atoms with Crippen LogP contribution in [0.2, 0.25) is 0 Å². The maximum atomic E-state index is 3.66. The van der Waals surface area contributed by atoms with Gasteiger partial charge in [0.2, 0.25) is 0 Å². The van der Waals surface area contributed by atoms with Crippen LogP contribution in [0.15, 0.2) is 0 Å². The van der Waals surface area contributed by atoms with Crippen LogP contribution in [0, 0.1) is 0 Å². The molecule has 1 atom stereocenters. The molecule has 0 saturated carbocycles. The number of hydrogen-bond acceptors (Lipinski definition) is 3. The van der Waals surface area contributed by atoms with Crippen molar-refractivity contribution in [3.63, 3.8) is 0 Å². The minimum Gasteiger partial charge on any atom is -0.313 e. The fourth-order valence-corrected chi connectivity index (χ4v) is 2.99. The Hall–Kier alpha value is -0.120. The van der Waals surface area contributed by atoms with Gasteiger partial charge in [0.05, 0.1) is 0 Å². The zero-order valence-corrected chi connectivity index (χ0v) is 10.9. The second-order valence-corrected chi connectivity index (χ2v) is 5.47. The maximum absolute atomic E-state index is 3.66. The van der Waals surface area contributed by atoms with Crippen molar-refractivity contribution in [2.24, 2.45) is 0 Å². The average molecular weight is 225 g/mol. The third-order valence-electron chi connectivity index (χ3n) is 4.11. The predicted molar refractivity (Wildman–Crippen MR) is 68.8 cm³/mol. The van der Waals surface area contributed by atoms with Crippen LogP contribution < -0.4 is 5.32 Å². The van der Waals surface area contributed by atoms with Gasteiger partial charge < -0.3 is 10.2 Å². The first kappa shape index (κ1) is 12.3. The van der Waals surface area contributed by atoms with E-state index in [0.29, 0.717) is 0 Å². The lowest BCUT2D eigenvalue weighted by molar-refractivity contribution is 0.141. The molecule has 0 radical (unpaired) electrons. The van der Waals surface area contributed by atoms with E-state index < -0.39 is 0 Å². The van der Waals surface area contributed by atoms with Gasteiger partial charge in [-0.15, -0.1) is 0 Å². The Balaban J connectivity index is 1.71. The molecule has 0 spiro atoms. The molecule has 0 aromatic carbocycles. The molecule has 2 heterocycles. The summed E-state index contributed by atoms with van der Waals surface area (Å²) in [6.45, 7) is 8.61. The van der Waals surface area contributed by atoms with Gasteiger partial charge in [-0.05, 0) is 52.4 Å². The van der Waals surface area contributed by atoms with Crippen molar-refractivity contribution in [3.8, 4) is 0 Å². The monoisotopic (exact) mass is 225 g/mol. The van der Waals surface area contributed by atoms with Gasteiger partial charge in [0, 0.05) is 25.2 Å². The average Bonchev–Trinajstić information content (AvgIpc) is 2.76. The van der Waals surface area contributed by atoms with E-state index in [0.717, 1.165) is 12.1 Å². The van der Waals surface area contributed by atoms with Gasteiger partial charge in [-0.2, -0.15) is 0 Å². The lowest BCUT2D eigenvalue weighted by Crippen LogP contribution is -2.44. The van der Waals surface area contributed by atoms with Gasteiger partial charge in [-0.1, -0.05) is 6.92 Å². The highest BCUT2D eigenvalue weighted by Crippen LogP contribution is 2.20. The van der Waals surface area contributed by atoms with Crippen LogP contribution in [0.4, 0.5) is 0 Å². The minimum atomic E-state index is 0.764. The van der Waals surface area contributed by atoms with Crippen molar-refractivity contribution in [1.29, 1.82) is 0 Å². The third kappa shape index (κ3) is 3.19. The molecular weight excluding hydrogens is 198 g/mol. The second kappa shape index (κ2) is 5.99. The van der Waals surface area contributed by atoms with Crippen molar-refractivity contribution >= 4 is 0 Å². The molecule has 16 heavy (non-hydrogen) atoms. The number of nitrogens with one attached hydrogen (secondary N) is 1. The quantitative estimate of drug-likeness (QED) is 0.774. The van der Waals surface area contributed by atoms with Gasteiger partial charge in [-0.3, -0.25) is 4.90 Å². The number of likely N-dealkylation sites (tertiary alicyclic amines) is 2. The van der Waals surface area contributed by atoms with Crippen molar-refractivity contribution in [2.45, 2.75) is 44.7 Å². The molecule has 3 heteroatoms. The Morgan fingerprint density at radius 2 is 1.88 bits per heavy atom. The highest BCUT2D eigenvalue weighted by molar-refractivity contribution is 4.87. The zero-order valence-electron chi connectivity index (χ0n) is 10.9. The van der Waals surface area contributed by atoms with Gasteiger partial charge in [0.15, 0.2) is 0 Å². The molecular formula is C13H27N3. The Labute approximate surface area is 100 Å². The molecule has 94 valence electrons. The fraction of sp³-hybridized carbons (Fsp3) is 1.00. The lowest BCUT2D eigenvalue weighted by atomic mass is 10.0. The molecule has 0 aliphatic carbocycles. The molecule has 2 rings (SSSR count). The smallest absolute Gasteiger partial charge is 0.0207 e. The summed E-state index contributed by atoms with van der Waals surface area (Å²) in [6.07, 6.45) is 5.35. The maximum Gasteiger partial charge on any atom is 0.0207 e. The van der Waals surface area contributed by atoms with E-state index in [1.165, 1.54) is 58.4 Å². The van der Waals surface area contributed by atoms with Crippen LogP contribution >= 0.6 is 0 Å². The van der Waals surface area contributed by atoms with Crippen molar-refractivity contribution in [1.82, 2.24) is 15.1 Å². The van der Waals surface area contributed by atoms with Crippen molar-refractivity contribution < 1.29 is 0 Å². The first-order valence-electron chi connectivity index (χ1n) is 6.95. The molecule has 3 nitrogen and oxygen atoms in total. The number of rotatable bonds is 4. The molecule has 2 saturated heterocycles. The van der Waals surface area contributed by atoms with E-state index in [-0.39, 0.29) is 0 Å². The van der Waals surface area contributed by atoms with E-state index in [1.807, 2.05) is 0 Å². The van der Waals surface area contributed by atoms with Gasteiger partial charge in [-0.25, -0.2) is 0 Å². The van der Waals surface area contributed by atoms with Gasteiger partial charge in [0.1, 0.15) is 0 Å². The summed E-state index contributed by atoms with van der Waals surface area (Å²) in [5, 5.41) is 3.66. The van der Waals surface area contributed by atoms with Gasteiger partial charge >= 0.3 is 0 Å². The van der Waals surface area contributed by atoms with Crippen LogP contribution in [0.5, 0.6) is 0 Å². The standard InChI is InChI=1S/C13H27N3/c1-3-7-14-12-4-10-16(11-12)13-5-8-15(2)9-6-13/h12-14H,3-11H2,1-2H3. The van der Waals surface area contributed by atoms with Crippen LogP contribution in [0.1, 0.15) is 32.6 Å². The first-order valence-corrected chi connectivity index (χ1v) is 6.95. The molecule has 0 aromatic heterocycles. The summed E-state index contributed by atoms with van der Waals surface area (Å²) >= 11 is 0. The molecule has 0 aromatic rings. The molecule has 1 unspecified atom stereocenters. The summed E-state index contributed by atoms with van der Waals surface area (Å²) < 4.78 is 0. The second-order valence-electron chi connectivity index (χ2n) is 5.47. The molecule has 2 fully saturated rings. The van der Waals surface area contributed by atoms with Crippen molar-refractivity contribution in [3.05, 3.63) is 0 Å². The van der Waals surface area contributed by atoms with Crippen LogP contribution in [-0.2, 0) is 0 Å². The van der Waals surface area contributed by atoms with E-state index in [2.05, 4.69) is 29.1 Å². The van der Waals surface area contributed by atoms with E-state index in [1.54, 1.807) is 0 Å². The minimum absolute atomic E-state index is 0.764. The summed E-state index contributed by atoms with van der Waals surface area (Å²) in [4.78, 5) is 5.18. The molecule has 2 aliphatic rings. The lowest BCUT2D eigenvalue weighted by Gasteiger charge is -2.35. The predicted octanol–water partition coefficient (Wildman–Crippen LogP) is 1.15. The molecule has 1 N–H and O–H groups in total. The van der Waals surface area contributed by atoms with Crippen molar-refractivity contribution in [2.75, 3.05) is 39.8 Å². The SMILES string of the molecule is CCCNC1CCN(C2CCN(C)CC2)C1. The van der Waals surface area contributed by atoms with Crippen LogP contribution in [0.25, 0.3) is 0 Å². The largest absolute Gasteiger partial charge is 0.313 e. The molecule has 0 amide bonds. The van der Waals surface area contributed by atoms with E-state index >= 15 is 0 Å². The normalized spacial score (nSPS) is 30.0. The topological polar surface area (TPSA) is 18.5 Å². The zero-order chi connectivity index (χ0) is 11.4. The highest BCUT2D eigenvalue weighted by atomic mass is 15.2. The summed E-state index contributed by atoms with van der Waals surface area (Å²) in [6, 6.07) is 1.63. The summed E-state index contributed by atoms with van der Waals surface area (Å²) in [5.41, 5.74) is 0. The van der Waals surface area contributed by atoms with Crippen LogP contribution in [0.3, 0.4) is 0 Å². The Bertz CT molecular complexity index is 199. The van der Waals surface area contributed by atoms with Gasteiger partial charge in [0.25, 0.3) is 0 Å². The number of piperidine rings is 1. The van der Waals surface area contributed by atoms with E-state index in [9.17, 15) is 0 Å². The molecule has 0 bridgehead atoms. The third-order valence-corrected chi connectivity index (χ3v) is 4.11. The van der Waals surface area contributed by atoms with Crippen LogP contribution in [-0.4, -0.2) is 61.7 Å². The Morgan fingerprint density at radius 1 is 1.12 bits per heavy atom. The molecule has 2 aliphatic heterocycles. The Kier molecular flexibility index (Phi) is 4.62. The first-order chi connectivity index (χ1) is 7.79. The number of hydrogen-bond donors (Lipinski definition) is 1. The summed E-state index contributed by atoms with van der Waals surface area (Å²) in [7, 11) is 2.24. The highest BCUT2D eigenvalue weighted by Gasteiger charge is 2.29. The van der Waals surface area contributed by atoms with E-state index in [4.69, 9.17) is 0 Å². The number of nitrogens with zero attached hydrogens (tertiary/aromatic N) is 2. The Morgan fingerprint density at radius 3 is 2.56 bits per heavy atom.